The van der Waals surface area contributed by atoms with Crippen molar-refractivity contribution in [3.05, 3.63) is 29.8 Å². The fourth-order valence-electron chi connectivity index (χ4n) is 0.904. The van der Waals surface area contributed by atoms with Crippen LogP contribution < -0.4 is 4.52 Å². The number of carbonyl (C=O) groups is 2. The van der Waals surface area contributed by atoms with Crippen LogP contribution in [0.5, 0.6) is 5.75 Å². The van der Waals surface area contributed by atoms with E-state index in [0.717, 1.165) is 0 Å². The number of hydrogen-bond donors (Lipinski definition) is 1. The molecule has 0 aliphatic heterocycles. The van der Waals surface area contributed by atoms with Gasteiger partial charge in [-0.05, 0) is 18.6 Å². The molecule has 1 rings (SSSR count). The van der Waals surface area contributed by atoms with E-state index < -0.39 is 13.1 Å². The largest absolute Gasteiger partial charge is 0.451 e. The molecule has 0 saturated heterocycles. The van der Waals surface area contributed by atoms with Gasteiger partial charge in [0.15, 0.2) is 6.29 Å². The van der Waals surface area contributed by atoms with E-state index >= 15 is 0 Å². The summed E-state index contributed by atoms with van der Waals surface area (Å²) < 4.78 is 15.8. The molecule has 0 fully saturated rings. The third-order valence-electron chi connectivity index (χ3n) is 1.70. The molecule has 0 saturated carbocycles. The molecule has 1 aromatic carbocycles. The van der Waals surface area contributed by atoms with Crippen molar-refractivity contribution in [2.75, 3.05) is 0 Å². The van der Waals surface area contributed by atoms with E-state index in [4.69, 9.17) is 4.89 Å². The third-order valence-corrected chi connectivity index (χ3v) is 2.80. The van der Waals surface area contributed by atoms with Gasteiger partial charge in [0.05, 0.1) is 0 Å². The summed E-state index contributed by atoms with van der Waals surface area (Å²) in [5.74, 6) is 0.110. The molecule has 1 N–H and O–H groups in total. The van der Waals surface area contributed by atoms with Gasteiger partial charge >= 0.3 is 13.1 Å². The second-order valence-corrected chi connectivity index (χ2v) is 4.50. The lowest BCUT2D eigenvalue weighted by atomic mass is 10.2. The quantitative estimate of drug-likeness (QED) is 0.477. The topological polar surface area (TPSA) is 80.7 Å². The average Bonchev–Trinajstić information content (AvgIpc) is 2.20. The van der Waals surface area contributed by atoms with E-state index in [1.165, 1.54) is 6.07 Å². The highest BCUT2D eigenvalue weighted by Gasteiger charge is 2.31. The molecule has 0 radical (unpaired) electrons. The molecule has 15 heavy (non-hydrogen) atoms. The molecule has 0 heterocycles. The Kier molecular flexibility index (Phi) is 3.39. The van der Waals surface area contributed by atoms with Crippen LogP contribution in [0.4, 0.5) is 0 Å². The second kappa shape index (κ2) is 4.38. The first-order chi connectivity index (χ1) is 6.97. The third kappa shape index (κ3) is 2.75. The molecule has 0 spiro atoms. The lowest BCUT2D eigenvalue weighted by Crippen LogP contribution is -2.06. The maximum atomic E-state index is 11.2. The number of hydrogen-bond acceptors (Lipinski definition) is 4. The predicted octanol–water partition coefficient (Wildman–Crippen LogP) is 1.28. The zero-order valence-electron chi connectivity index (χ0n) is 7.91. The summed E-state index contributed by atoms with van der Waals surface area (Å²) in [7, 11) is -4.54. The van der Waals surface area contributed by atoms with E-state index in [9.17, 15) is 14.2 Å². The number of para-hydroxylation sites is 1. The first-order valence-electron chi connectivity index (χ1n) is 4.05. The minimum absolute atomic E-state index is 0.110. The van der Waals surface area contributed by atoms with Crippen LogP contribution in [-0.4, -0.2) is 16.7 Å². The average molecular weight is 228 g/mol. The SMILES string of the molecule is Cc1ccccc1OP(=O)(O)C(=O)C=O. The van der Waals surface area contributed by atoms with Crippen LogP contribution >= 0.6 is 7.60 Å². The normalized spacial score (nSPS) is 14.0. The van der Waals surface area contributed by atoms with Crippen LogP contribution in [-0.2, 0) is 14.2 Å². The number of rotatable bonds is 4. The lowest BCUT2D eigenvalue weighted by molar-refractivity contribution is -0.125. The zero-order valence-corrected chi connectivity index (χ0v) is 8.81. The van der Waals surface area contributed by atoms with Gasteiger partial charge < -0.3 is 9.42 Å². The van der Waals surface area contributed by atoms with Crippen LogP contribution in [0.1, 0.15) is 5.56 Å². The Labute approximate surface area is 86.2 Å². The van der Waals surface area contributed by atoms with Gasteiger partial charge in [-0.15, -0.1) is 0 Å². The van der Waals surface area contributed by atoms with Crippen LogP contribution in [0.25, 0.3) is 0 Å². The molecule has 0 aromatic heterocycles. The van der Waals surface area contributed by atoms with E-state index in [0.29, 0.717) is 5.56 Å². The minimum Gasteiger partial charge on any atom is -0.419 e. The predicted molar refractivity (Wildman–Crippen MR) is 52.7 cm³/mol. The van der Waals surface area contributed by atoms with Crippen LogP contribution in [0.15, 0.2) is 24.3 Å². The Morgan fingerprint density at radius 2 is 2.07 bits per heavy atom. The van der Waals surface area contributed by atoms with Crippen molar-refractivity contribution in [2.24, 2.45) is 0 Å². The fraction of sp³-hybridized carbons (Fsp3) is 0.111. The lowest BCUT2D eigenvalue weighted by Gasteiger charge is -2.11. The summed E-state index contributed by atoms with van der Waals surface area (Å²) in [4.78, 5) is 29.9. The van der Waals surface area contributed by atoms with Crippen LogP contribution in [0, 0.1) is 6.92 Å². The summed E-state index contributed by atoms with van der Waals surface area (Å²) in [6.07, 6.45) is -0.223. The van der Waals surface area contributed by atoms with Crippen molar-refractivity contribution in [3.8, 4) is 5.75 Å². The van der Waals surface area contributed by atoms with Gasteiger partial charge in [0.2, 0.25) is 0 Å². The molecule has 1 atom stereocenters. The highest BCUT2D eigenvalue weighted by molar-refractivity contribution is 7.73. The van der Waals surface area contributed by atoms with Crippen molar-refractivity contribution in [2.45, 2.75) is 6.92 Å². The van der Waals surface area contributed by atoms with Crippen molar-refractivity contribution in [1.82, 2.24) is 0 Å². The van der Waals surface area contributed by atoms with Crippen molar-refractivity contribution in [1.29, 1.82) is 0 Å². The van der Waals surface area contributed by atoms with Gasteiger partial charge in [-0.2, -0.15) is 0 Å². The van der Waals surface area contributed by atoms with Crippen LogP contribution in [0.2, 0.25) is 0 Å². The number of benzene rings is 1. The molecule has 80 valence electrons. The highest BCUT2D eigenvalue weighted by Crippen LogP contribution is 2.43. The Balaban J connectivity index is 2.96. The first kappa shape index (κ1) is 11.6. The summed E-state index contributed by atoms with van der Waals surface area (Å²) in [6, 6.07) is 6.40. The molecule has 1 unspecified atom stereocenters. The number of aldehydes is 1. The summed E-state index contributed by atoms with van der Waals surface area (Å²) >= 11 is 0. The fourth-order valence-corrected chi connectivity index (χ4v) is 1.60. The van der Waals surface area contributed by atoms with Gasteiger partial charge in [-0.25, -0.2) is 4.57 Å². The summed E-state index contributed by atoms with van der Waals surface area (Å²) in [6.45, 7) is 1.65. The van der Waals surface area contributed by atoms with Crippen molar-refractivity contribution < 1.29 is 23.6 Å². The number of aryl methyl sites for hydroxylation is 1. The first-order valence-corrected chi connectivity index (χ1v) is 5.63. The monoisotopic (exact) mass is 228 g/mol. The molecule has 6 heteroatoms. The Morgan fingerprint density at radius 1 is 1.47 bits per heavy atom. The van der Waals surface area contributed by atoms with Gasteiger partial charge in [-0.3, -0.25) is 9.59 Å². The van der Waals surface area contributed by atoms with Crippen LogP contribution in [0.3, 0.4) is 0 Å². The minimum atomic E-state index is -4.54. The summed E-state index contributed by atoms with van der Waals surface area (Å²) in [5.41, 5.74) is -0.851. The van der Waals surface area contributed by atoms with Crippen molar-refractivity contribution >= 4 is 19.4 Å². The maximum Gasteiger partial charge on any atom is 0.451 e. The van der Waals surface area contributed by atoms with E-state index in [1.807, 2.05) is 0 Å². The molecular formula is C9H9O5P. The number of carbonyl (C=O) groups excluding carboxylic acids is 2. The second-order valence-electron chi connectivity index (χ2n) is 2.83. The van der Waals surface area contributed by atoms with Gasteiger partial charge in [0.25, 0.3) is 0 Å². The Bertz CT molecular complexity index is 440. The summed E-state index contributed by atoms with van der Waals surface area (Å²) in [5, 5.41) is 0. The van der Waals surface area contributed by atoms with Gasteiger partial charge in [0.1, 0.15) is 5.75 Å². The van der Waals surface area contributed by atoms with Gasteiger partial charge in [0, 0.05) is 0 Å². The molecule has 0 aliphatic rings. The molecule has 5 nitrogen and oxygen atoms in total. The molecule has 0 amide bonds. The van der Waals surface area contributed by atoms with E-state index in [2.05, 4.69) is 4.52 Å². The smallest absolute Gasteiger partial charge is 0.419 e. The molecule has 0 bridgehead atoms. The zero-order chi connectivity index (χ0) is 11.5. The Hall–Kier alpha value is -1.45. The molecule has 1 aromatic rings. The molecule has 0 aliphatic carbocycles. The van der Waals surface area contributed by atoms with E-state index in [-0.39, 0.29) is 12.0 Å². The van der Waals surface area contributed by atoms with Crippen molar-refractivity contribution in [3.63, 3.8) is 0 Å². The highest BCUT2D eigenvalue weighted by atomic mass is 31.2. The van der Waals surface area contributed by atoms with Gasteiger partial charge in [-0.1, -0.05) is 18.2 Å². The molecular weight excluding hydrogens is 219 g/mol. The Morgan fingerprint density at radius 3 is 2.60 bits per heavy atom. The standard InChI is InChI=1S/C9H9O5P/c1-7-4-2-3-5-8(7)14-15(12,13)9(11)6-10/h2-6H,1H3,(H,12,13). The van der Waals surface area contributed by atoms with E-state index in [1.54, 1.807) is 25.1 Å². The maximum absolute atomic E-state index is 11.2.